The van der Waals surface area contributed by atoms with E-state index in [0.717, 1.165) is 43.6 Å². The molecule has 2 unspecified atom stereocenters. The third-order valence-electron chi connectivity index (χ3n) is 5.31. The number of fused-ring (bicyclic) bond motifs is 2. The number of benzene rings is 1. The number of imidazole rings is 1. The minimum absolute atomic E-state index is 0.00666. The van der Waals surface area contributed by atoms with Gasteiger partial charge in [-0.05, 0) is 62.4 Å². The summed E-state index contributed by atoms with van der Waals surface area (Å²) in [5.74, 6) is 0.454. The van der Waals surface area contributed by atoms with E-state index in [-0.39, 0.29) is 11.9 Å². The molecule has 2 atom stereocenters. The molecule has 0 bridgehead atoms. The van der Waals surface area contributed by atoms with Gasteiger partial charge in [0.1, 0.15) is 11.3 Å². The summed E-state index contributed by atoms with van der Waals surface area (Å²) in [5.41, 5.74) is 9.96. The van der Waals surface area contributed by atoms with Crippen molar-refractivity contribution in [2.45, 2.75) is 50.6 Å². The third-order valence-corrected chi connectivity index (χ3v) is 5.31. The number of pyridine rings is 1. The second-order valence-electron chi connectivity index (χ2n) is 7.37. The molecule has 1 aliphatic rings. The maximum atomic E-state index is 13.7. The molecule has 3 aromatic rings. The van der Waals surface area contributed by atoms with Crippen molar-refractivity contribution in [2.24, 2.45) is 5.73 Å². The van der Waals surface area contributed by atoms with Gasteiger partial charge in [0, 0.05) is 24.7 Å². The normalized spacial score (nSPS) is 17.8. The van der Waals surface area contributed by atoms with Gasteiger partial charge in [-0.25, -0.2) is 9.37 Å². The van der Waals surface area contributed by atoms with E-state index in [2.05, 4.69) is 26.3 Å². The highest BCUT2D eigenvalue weighted by Crippen LogP contribution is 2.27. The van der Waals surface area contributed by atoms with Crippen LogP contribution in [0.1, 0.15) is 48.8 Å². The monoisotopic (exact) mass is 367 g/mol. The molecule has 1 aliphatic carbocycles. The van der Waals surface area contributed by atoms with Crippen molar-refractivity contribution in [3.63, 3.8) is 0 Å². The third kappa shape index (κ3) is 4.17. The predicted molar refractivity (Wildman–Crippen MR) is 105 cm³/mol. The number of hydrogen-bond acceptors (Lipinski definition) is 4. The SMILES string of the molecule is NC(CCCNC1CCCc2cccnc21)Cc1nc2c(F)cccc2[nH]1. The van der Waals surface area contributed by atoms with E-state index in [1.807, 2.05) is 18.3 Å². The number of aryl methyl sites for hydroxylation is 1. The van der Waals surface area contributed by atoms with Crippen LogP contribution in [0.3, 0.4) is 0 Å². The van der Waals surface area contributed by atoms with Crippen LogP contribution in [0.4, 0.5) is 4.39 Å². The van der Waals surface area contributed by atoms with Crippen LogP contribution < -0.4 is 11.1 Å². The number of aromatic amines is 1. The number of rotatable bonds is 7. The van der Waals surface area contributed by atoms with Crippen LogP contribution in [0.2, 0.25) is 0 Å². The fourth-order valence-corrected chi connectivity index (χ4v) is 3.94. The molecule has 0 fully saturated rings. The molecule has 0 spiro atoms. The molecule has 2 aromatic heterocycles. The molecule has 6 heteroatoms. The number of hydrogen-bond donors (Lipinski definition) is 3. The van der Waals surface area contributed by atoms with Gasteiger partial charge in [-0.1, -0.05) is 12.1 Å². The van der Waals surface area contributed by atoms with Crippen molar-refractivity contribution in [3.8, 4) is 0 Å². The Balaban J connectivity index is 1.25. The lowest BCUT2D eigenvalue weighted by molar-refractivity contribution is 0.433. The topological polar surface area (TPSA) is 79.6 Å². The molecule has 1 aromatic carbocycles. The zero-order valence-electron chi connectivity index (χ0n) is 15.4. The first kappa shape index (κ1) is 18.1. The second kappa shape index (κ2) is 8.15. The van der Waals surface area contributed by atoms with Crippen molar-refractivity contribution in [1.82, 2.24) is 20.3 Å². The minimum atomic E-state index is -0.297. The Bertz CT molecular complexity index is 906. The molecule has 4 N–H and O–H groups in total. The fraction of sp³-hybridized carbons (Fsp3) is 0.429. The van der Waals surface area contributed by atoms with Gasteiger partial charge < -0.3 is 16.0 Å². The van der Waals surface area contributed by atoms with Gasteiger partial charge in [-0.15, -0.1) is 0 Å². The van der Waals surface area contributed by atoms with Gasteiger partial charge >= 0.3 is 0 Å². The van der Waals surface area contributed by atoms with Crippen LogP contribution >= 0.6 is 0 Å². The standard InChI is InChI=1S/C21H26FN5/c22-16-8-2-10-18-21(16)27-19(26-18)13-15(23)7-4-11-24-17-9-1-5-14-6-3-12-25-20(14)17/h2-3,6,8,10,12,15,17,24H,1,4-5,7,9,11,13,23H2,(H,26,27). The summed E-state index contributed by atoms with van der Waals surface area (Å²) in [6.07, 6.45) is 7.87. The number of nitrogens with two attached hydrogens (primary N) is 1. The Morgan fingerprint density at radius 2 is 2.22 bits per heavy atom. The van der Waals surface area contributed by atoms with Crippen LogP contribution in [0.15, 0.2) is 36.5 Å². The Labute approximate surface area is 158 Å². The average molecular weight is 367 g/mol. The van der Waals surface area contributed by atoms with E-state index in [0.29, 0.717) is 18.0 Å². The zero-order chi connectivity index (χ0) is 18.6. The molecule has 142 valence electrons. The molecule has 0 amide bonds. The molecule has 0 aliphatic heterocycles. The van der Waals surface area contributed by atoms with Crippen LogP contribution in [-0.2, 0) is 12.8 Å². The highest BCUT2D eigenvalue weighted by atomic mass is 19.1. The molecular formula is C21H26FN5. The van der Waals surface area contributed by atoms with E-state index in [9.17, 15) is 4.39 Å². The van der Waals surface area contributed by atoms with Crippen LogP contribution in [0.5, 0.6) is 0 Å². The van der Waals surface area contributed by atoms with Crippen molar-refractivity contribution >= 4 is 11.0 Å². The highest BCUT2D eigenvalue weighted by Gasteiger charge is 2.20. The van der Waals surface area contributed by atoms with Crippen molar-refractivity contribution in [3.05, 3.63) is 59.4 Å². The Kier molecular flexibility index (Phi) is 5.45. The summed E-state index contributed by atoms with van der Waals surface area (Å²) in [6, 6.07) is 9.50. The first-order valence-electron chi connectivity index (χ1n) is 9.76. The maximum Gasteiger partial charge on any atom is 0.151 e. The Morgan fingerprint density at radius 3 is 3.11 bits per heavy atom. The van der Waals surface area contributed by atoms with Gasteiger partial charge in [0.05, 0.1) is 11.2 Å². The van der Waals surface area contributed by atoms with E-state index in [4.69, 9.17) is 5.73 Å². The molecule has 2 heterocycles. The number of para-hydroxylation sites is 1. The average Bonchev–Trinajstić information content (AvgIpc) is 3.09. The van der Waals surface area contributed by atoms with Crippen molar-refractivity contribution in [2.75, 3.05) is 6.54 Å². The van der Waals surface area contributed by atoms with Gasteiger partial charge in [-0.3, -0.25) is 4.98 Å². The number of H-pyrrole nitrogens is 1. The van der Waals surface area contributed by atoms with Crippen molar-refractivity contribution in [1.29, 1.82) is 0 Å². The lowest BCUT2D eigenvalue weighted by Crippen LogP contribution is -2.29. The molecule has 0 saturated heterocycles. The lowest BCUT2D eigenvalue weighted by atomic mass is 9.92. The molecule has 0 radical (unpaired) electrons. The smallest absolute Gasteiger partial charge is 0.151 e. The van der Waals surface area contributed by atoms with E-state index >= 15 is 0 Å². The quantitative estimate of drug-likeness (QED) is 0.559. The summed E-state index contributed by atoms with van der Waals surface area (Å²) in [6.45, 7) is 0.920. The summed E-state index contributed by atoms with van der Waals surface area (Å²) in [7, 11) is 0. The van der Waals surface area contributed by atoms with Crippen LogP contribution in [-0.4, -0.2) is 27.5 Å². The fourth-order valence-electron chi connectivity index (χ4n) is 3.94. The van der Waals surface area contributed by atoms with Crippen LogP contribution in [0, 0.1) is 5.82 Å². The molecule has 5 nitrogen and oxygen atoms in total. The van der Waals surface area contributed by atoms with Gasteiger partial charge in [0.2, 0.25) is 0 Å². The predicted octanol–water partition coefficient (Wildman–Crippen LogP) is 3.41. The Hall–Kier alpha value is -2.31. The summed E-state index contributed by atoms with van der Waals surface area (Å²) >= 11 is 0. The Morgan fingerprint density at radius 1 is 1.30 bits per heavy atom. The highest BCUT2D eigenvalue weighted by molar-refractivity contribution is 5.75. The van der Waals surface area contributed by atoms with E-state index in [1.165, 1.54) is 23.7 Å². The number of nitrogens with one attached hydrogen (secondary N) is 2. The largest absolute Gasteiger partial charge is 0.342 e. The van der Waals surface area contributed by atoms with E-state index in [1.54, 1.807) is 6.07 Å². The molecular weight excluding hydrogens is 341 g/mol. The number of halogens is 1. The van der Waals surface area contributed by atoms with Crippen LogP contribution in [0.25, 0.3) is 11.0 Å². The lowest BCUT2D eigenvalue weighted by Gasteiger charge is -2.25. The minimum Gasteiger partial charge on any atom is -0.342 e. The zero-order valence-corrected chi connectivity index (χ0v) is 15.4. The first-order valence-corrected chi connectivity index (χ1v) is 9.76. The molecule has 27 heavy (non-hydrogen) atoms. The second-order valence-corrected chi connectivity index (χ2v) is 7.37. The van der Waals surface area contributed by atoms with Crippen molar-refractivity contribution < 1.29 is 4.39 Å². The van der Waals surface area contributed by atoms with E-state index < -0.39 is 0 Å². The summed E-state index contributed by atoms with van der Waals surface area (Å²) in [5, 5.41) is 3.63. The van der Waals surface area contributed by atoms with Gasteiger partial charge in [-0.2, -0.15) is 0 Å². The molecule has 4 rings (SSSR count). The number of nitrogens with zero attached hydrogens (tertiary/aromatic N) is 2. The molecule has 0 saturated carbocycles. The number of aromatic nitrogens is 3. The van der Waals surface area contributed by atoms with Gasteiger partial charge in [0.25, 0.3) is 0 Å². The first-order chi connectivity index (χ1) is 13.2. The summed E-state index contributed by atoms with van der Waals surface area (Å²) < 4.78 is 13.7. The maximum absolute atomic E-state index is 13.7. The van der Waals surface area contributed by atoms with Gasteiger partial charge in [0.15, 0.2) is 5.82 Å². The summed E-state index contributed by atoms with van der Waals surface area (Å²) in [4.78, 5) is 12.1.